The second-order valence-corrected chi connectivity index (χ2v) is 6.54. The molecule has 1 amide bonds. The smallest absolute Gasteiger partial charge is 0.387 e. The van der Waals surface area contributed by atoms with E-state index in [9.17, 15) is 23.1 Å². The van der Waals surface area contributed by atoms with Crippen LogP contribution in [0.1, 0.15) is 32.6 Å². The van der Waals surface area contributed by atoms with Gasteiger partial charge in [-0.3, -0.25) is 4.79 Å². The molecule has 0 aliphatic heterocycles. The van der Waals surface area contributed by atoms with Gasteiger partial charge in [-0.05, 0) is 46.7 Å². The molecule has 1 unspecified atom stereocenters. The first-order chi connectivity index (χ1) is 9.51. The van der Waals surface area contributed by atoms with Gasteiger partial charge in [0.25, 0.3) is 0 Å². The second kappa shape index (κ2) is 6.96. The molecule has 1 rings (SSSR count). The summed E-state index contributed by atoms with van der Waals surface area (Å²) in [6, 6.07) is 0. The lowest BCUT2D eigenvalue weighted by atomic mass is 9.81. The van der Waals surface area contributed by atoms with Crippen LogP contribution in [0.25, 0.3) is 0 Å². The van der Waals surface area contributed by atoms with Crippen molar-refractivity contribution in [3.05, 3.63) is 0 Å². The third-order valence-corrected chi connectivity index (χ3v) is 3.86. The van der Waals surface area contributed by atoms with E-state index < -0.39 is 17.7 Å². The number of hydrogen-bond acceptors (Lipinski definition) is 3. The molecule has 0 bridgehead atoms. The fourth-order valence-corrected chi connectivity index (χ4v) is 2.84. The summed E-state index contributed by atoms with van der Waals surface area (Å²) < 4.78 is 37.7. The van der Waals surface area contributed by atoms with E-state index in [1.165, 1.54) is 0 Å². The third kappa shape index (κ3) is 6.22. The topological polar surface area (TPSA) is 52.6 Å². The molecule has 2 N–H and O–H groups in total. The molecular formula is C14H25F3N2O2. The average Bonchev–Trinajstić information content (AvgIpc) is 2.33. The van der Waals surface area contributed by atoms with Crippen molar-refractivity contribution in [2.75, 3.05) is 27.2 Å². The van der Waals surface area contributed by atoms with E-state index in [0.29, 0.717) is 6.54 Å². The van der Waals surface area contributed by atoms with E-state index in [4.69, 9.17) is 0 Å². The standard InChI is InChI=1S/C14H25F3N2O2/c1-13(21,9-19(2)3)8-18-12(20)10-4-6-11(7-5-10)14(15,16)17/h10-11,21H,4-9H2,1-3H3,(H,18,20). The van der Waals surface area contributed by atoms with Crippen molar-refractivity contribution in [3.8, 4) is 0 Å². The van der Waals surface area contributed by atoms with Gasteiger partial charge in [0.05, 0.1) is 11.5 Å². The number of aliphatic hydroxyl groups is 1. The minimum absolute atomic E-state index is 0.00960. The summed E-state index contributed by atoms with van der Waals surface area (Å²) in [4.78, 5) is 13.8. The number of nitrogens with one attached hydrogen (secondary N) is 1. The number of carbonyl (C=O) groups is 1. The number of hydrogen-bond donors (Lipinski definition) is 2. The molecule has 0 radical (unpaired) electrons. The van der Waals surface area contributed by atoms with Gasteiger partial charge in [0, 0.05) is 19.0 Å². The Morgan fingerprint density at radius 3 is 2.19 bits per heavy atom. The Morgan fingerprint density at radius 1 is 1.24 bits per heavy atom. The number of amides is 1. The molecule has 0 heterocycles. The van der Waals surface area contributed by atoms with Gasteiger partial charge in [0.15, 0.2) is 0 Å². The van der Waals surface area contributed by atoms with Crippen LogP contribution >= 0.6 is 0 Å². The summed E-state index contributed by atoms with van der Waals surface area (Å²) in [6.45, 7) is 2.12. The van der Waals surface area contributed by atoms with Crippen molar-refractivity contribution in [3.63, 3.8) is 0 Å². The summed E-state index contributed by atoms with van der Waals surface area (Å²) in [6.07, 6.45) is -3.63. The highest BCUT2D eigenvalue weighted by Gasteiger charge is 2.42. The van der Waals surface area contributed by atoms with Crippen molar-refractivity contribution in [2.24, 2.45) is 11.8 Å². The zero-order valence-corrected chi connectivity index (χ0v) is 12.8. The minimum Gasteiger partial charge on any atom is -0.387 e. The zero-order chi connectivity index (χ0) is 16.3. The van der Waals surface area contributed by atoms with Crippen LogP contribution in [0.4, 0.5) is 13.2 Å². The molecule has 0 aromatic carbocycles. The molecule has 0 aromatic heterocycles. The Labute approximate surface area is 123 Å². The lowest BCUT2D eigenvalue weighted by Gasteiger charge is -2.31. The van der Waals surface area contributed by atoms with Gasteiger partial charge < -0.3 is 15.3 Å². The maximum atomic E-state index is 12.6. The maximum absolute atomic E-state index is 12.6. The van der Waals surface area contributed by atoms with Gasteiger partial charge in [-0.1, -0.05) is 0 Å². The molecule has 21 heavy (non-hydrogen) atoms. The van der Waals surface area contributed by atoms with Gasteiger partial charge in [0.1, 0.15) is 0 Å². The molecule has 1 atom stereocenters. The molecule has 1 aliphatic carbocycles. The largest absolute Gasteiger partial charge is 0.391 e. The number of alkyl halides is 3. The molecule has 0 saturated heterocycles. The first-order valence-corrected chi connectivity index (χ1v) is 7.23. The monoisotopic (exact) mass is 310 g/mol. The molecular weight excluding hydrogens is 285 g/mol. The maximum Gasteiger partial charge on any atom is 0.391 e. The Hall–Kier alpha value is -0.820. The van der Waals surface area contributed by atoms with Gasteiger partial charge in [-0.25, -0.2) is 0 Å². The lowest BCUT2D eigenvalue weighted by molar-refractivity contribution is -0.184. The number of nitrogens with zero attached hydrogens (tertiary/aromatic N) is 1. The first kappa shape index (κ1) is 18.2. The van der Waals surface area contributed by atoms with E-state index in [1.54, 1.807) is 11.8 Å². The molecule has 124 valence electrons. The van der Waals surface area contributed by atoms with Crippen LogP contribution in [-0.2, 0) is 4.79 Å². The predicted octanol–water partition coefficient (Wildman–Crippen LogP) is 1.78. The summed E-state index contributed by atoms with van der Waals surface area (Å²) in [5.74, 6) is -1.91. The van der Waals surface area contributed by atoms with Gasteiger partial charge in [0.2, 0.25) is 5.91 Å². The van der Waals surface area contributed by atoms with Crippen LogP contribution in [0.3, 0.4) is 0 Å². The fraction of sp³-hybridized carbons (Fsp3) is 0.929. The van der Waals surface area contributed by atoms with E-state index in [-0.39, 0.29) is 44.1 Å². The molecule has 4 nitrogen and oxygen atoms in total. The van der Waals surface area contributed by atoms with Gasteiger partial charge >= 0.3 is 6.18 Å². The Bertz CT molecular complexity index is 349. The summed E-state index contributed by atoms with van der Waals surface area (Å²) >= 11 is 0. The van der Waals surface area contributed by atoms with Crippen molar-refractivity contribution < 1.29 is 23.1 Å². The van der Waals surface area contributed by atoms with E-state index >= 15 is 0 Å². The highest BCUT2D eigenvalue weighted by molar-refractivity contribution is 5.78. The average molecular weight is 310 g/mol. The number of likely N-dealkylation sites (N-methyl/N-ethyl adjacent to an activating group) is 1. The van der Waals surface area contributed by atoms with E-state index in [1.807, 2.05) is 14.1 Å². The van der Waals surface area contributed by atoms with Crippen molar-refractivity contribution >= 4 is 5.91 Å². The molecule has 7 heteroatoms. The van der Waals surface area contributed by atoms with Crippen LogP contribution in [0.15, 0.2) is 0 Å². The summed E-state index contributed by atoms with van der Waals surface area (Å²) in [5.41, 5.74) is -1.05. The third-order valence-electron chi connectivity index (χ3n) is 3.86. The van der Waals surface area contributed by atoms with Crippen LogP contribution in [0, 0.1) is 11.8 Å². The Balaban J connectivity index is 2.38. The molecule has 1 saturated carbocycles. The van der Waals surface area contributed by atoms with Crippen molar-refractivity contribution in [1.29, 1.82) is 0 Å². The normalized spacial score (nSPS) is 26.5. The molecule has 1 fully saturated rings. The number of rotatable bonds is 5. The first-order valence-electron chi connectivity index (χ1n) is 7.23. The summed E-state index contributed by atoms with van der Waals surface area (Å²) in [7, 11) is 3.63. The molecule has 0 aromatic rings. The highest BCUT2D eigenvalue weighted by atomic mass is 19.4. The van der Waals surface area contributed by atoms with E-state index in [2.05, 4.69) is 5.32 Å². The lowest BCUT2D eigenvalue weighted by Crippen LogP contribution is -2.48. The second-order valence-electron chi connectivity index (χ2n) is 6.54. The van der Waals surface area contributed by atoms with Gasteiger partial charge in [-0.2, -0.15) is 13.2 Å². The SMILES string of the molecule is CN(C)CC(C)(O)CNC(=O)C1CCC(C(F)(F)F)CC1. The Morgan fingerprint density at radius 2 is 1.76 bits per heavy atom. The van der Waals surface area contributed by atoms with Crippen molar-refractivity contribution in [1.82, 2.24) is 10.2 Å². The molecule has 1 aliphatic rings. The van der Waals surface area contributed by atoms with Crippen LogP contribution in [-0.4, -0.2) is 54.9 Å². The molecule has 0 spiro atoms. The summed E-state index contributed by atoms with van der Waals surface area (Å²) in [5, 5.41) is 12.7. The van der Waals surface area contributed by atoms with E-state index in [0.717, 1.165) is 0 Å². The van der Waals surface area contributed by atoms with Crippen LogP contribution < -0.4 is 5.32 Å². The van der Waals surface area contributed by atoms with Crippen molar-refractivity contribution in [2.45, 2.75) is 44.4 Å². The Kier molecular flexibility index (Phi) is 6.04. The van der Waals surface area contributed by atoms with Crippen LogP contribution in [0.2, 0.25) is 0 Å². The zero-order valence-electron chi connectivity index (χ0n) is 12.8. The quantitative estimate of drug-likeness (QED) is 0.814. The highest BCUT2D eigenvalue weighted by Crippen LogP contribution is 2.39. The van der Waals surface area contributed by atoms with Crippen LogP contribution in [0.5, 0.6) is 0 Å². The number of carbonyl (C=O) groups excluding carboxylic acids is 1. The predicted molar refractivity (Wildman–Crippen MR) is 73.7 cm³/mol. The number of halogens is 3. The minimum atomic E-state index is -4.16. The van der Waals surface area contributed by atoms with Gasteiger partial charge in [-0.15, -0.1) is 0 Å². The fourth-order valence-electron chi connectivity index (χ4n) is 2.84.